The Bertz CT molecular complexity index is 314. The Labute approximate surface area is 110 Å². The molecular weight excluding hydrogens is 228 g/mol. The van der Waals surface area contributed by atoms with Gasteiger partial charge in [-0.1, -0.05) is 6.92 Å². The molecule has 2 aliphatic rings. The van der Waals surface area contributed by atoms with E-state index in [4.69, 9.17) is 4.74 Å². The molecule has 0 aromatic heterocycles. The summed E-state index contributed by atoms with van der Waals surface area (Å²) in [6, 6.07) is 0. The highest BCUT2D eigenvalue weighted by Gasteiger charge is 2.43. The van der Waals surface area contributed by atoms with E-state index >= 15 is 0 Å². The number of carbonyl (C=O) groups excluding carboxylic acids is 1. The Kier molecular flexibility index (Phi) is 3.58. The number of likely N-dealkylation sites (tertiary alicyclic amines) is 1. The molecular formula is C14H26N2O2. The normalized spacial score (nSPS) is 27.6. The SMILES string of the molecule is CC1CNCC12CCN(C(=O)OC(C)(C)C)CC2. The molecule has 0 aliphatic carbocycles. The zero-order valence-corrected chi connectivity index (χ0v) is 12.1. The molecule has 0 bridgehead atoms. The van der Waals surface area contributed by atoms with Crippen LogP contribution >= 0.6 is 0 Å². The number of nitrogens with one attached hydrogen (secondary N) is 1. The fourth-order valence-electron chi connectivity index (χ4n) is 3.06. The van der Waals surface area contributed by atoms with Crippen LogP contribution < -0.4 is 5.32 Å². The van der Waals surface area contributed by atoms with Gasteiger partial charge in [-0.25, -0.2) is 4.79 Å². The van der Waals surface area contributed by atoms with Gasteiger partial charge in [0.25, 0.3) is 0 Å². The highest BCUT2D eigenvalue weighted by atomic mass is 16.6. The van der Waals surface area contributed by atoms with Crippen LogP contribution in [-0.2, 0) is 4.74 Å². The van der Waals surface area contributed by atoms with Crippen LogP contribution in [0.4, 0.5) is 4.79 Å². The third-order valence-corrected chi connectivity index (χ3v) is 4.38. The molecule has 4 nitrogen and oxygen atoms in total. The highest BCUT2D eigenvalue weighted by molar-refractivity contribution is 5.68. The van der Waals surface area contributed by atoms with Crippen molar-refractivity contribution in [2.24, 2.45) is 11.3 Å². The number of amides is 1. The van der Waals surface area contributed by atoms with Crippen molar-refractivity contribution in [3.63, 3.8) is 0 Å². The van der Waals surface area contributed by atoms with Crippen LogP contribution in [0.2, 0.25) is 0 Å². The van der Waals surface area contributed by atoms with Crippen molar-refractivity contribution in [2.45, 2.75) is 46.1 Å². The van der Waals surface area contributed by atoms with Crippen molar-refractivity contribution in [1.82, 2.24) is 10.2 Å². The fourth-order valence-corrected chi connectivity index (χ4v) is 3.06. The van der Waals surface area contributed by atoms with Crippen LogP contribution in [0.1, 0.15) is 40.5 Å². The lowest BCUT2D eigenvalue weighted by Gasteiger charge is -2.41. The van der Waals surface area contributed by atoms with Crippen molar-refractivity contribution in [2.75, 3.05) is 26.2 Å². The number of carbonyl (C=O) groups is 1. The lowest BCUT2D eigenvalue weighted by molar-refractivity contribution is 0.00775. The molecule has 2 fully saturated rings. The molecule has 0 aromatic carbocycles. The van der Waals surface area contributed by atoms with E-state index < -0.39 is 5.60 Å². The minimum absolute atomic E-state index is 0.157. The summed E-state index contributed by atoms with van der Waals surface area (Å²) < 4.78 is 5.43. The van der Waals surface area contributed by atoms with Crippen molar-refractivity contribution < 1.29 is 9.53 Å². The monoisotopic (exact) mass is 254 g/mol. The van der Waals surface area contributed by atoms with E-state index in [1.807, 2.05) is 25.7 Å². The number of nitrogens with zero attached hydrogens (tertiary/aromatic N) is 1. The van der Waals surface area contributed by atoms with Gasteiger partial charge in [-0.3, -0.25) is 0 Å². The predicted molar refractivity (Wildman–Crippen MR) is 71.5 cm³/mol. The van der Waals surface area contributed by atoms with E-state index in [0.717, 1.165) is 44.9 Å². The van der Waals surface area contributed by atoms with E-state index in [2.05, 4.69) is 12.2 Å². The first-order valence-electron chi connectivity index (χ1n) is 7.01. The third-order valence-electron chi connectivity index (χ3n) is 4.38. The van der Waals surface area contributed by atoms with Crippen LogP contribution in [-0.4, -0.2) is 42.8 Å². The van der Waals surface area contributed by atoms with E-state index in [-0.39, 0.29) is 6.09 Å². The lowest BCUT2D eigenvalue weighted by atomic mass is 9.72. The second-order valence-corrected chi connectivity index (χ2v) is 6.86. The van der Waals surface area contributed by atoms with Gasteiger partial charge in [-0.15, -0.1) is 0 Å². The van der Waals surface area contributed by atoms with Crippen LogP contribution in [0.15, 0.2) is 0 Å². The maximum Gasteiger partial charge on any atom is 0.410 e. The van der Waals surface area contributed by atoms with Gasteiger partial charge in [-0.05, 0) is 51.5 Å². The Morgan fingerprint density at radius 2 is 1.94 bits per heavy atom. The molecule has 2 aliphatic heterocycles. The summed E-state index contributed by atoms with van der Waals surface area (Å²) in [4.78, 5) is 13.8. The van der Waals surface area contributed by atoms with Crippen molar-refractivity contribution in [3.8, 4) is 0 Å². The highest BCUT2D eigenvalue weighted by Crippen LogP contribution is 2.41. The van der Waals surface area contributed by atoms with Crippen molar-refractivity contribution in [1.29, 1.82) is 0 Å². The van der Waals surface area contributed by atoms with Crippen LogP contribution in [0, 0.1) is 11.3 Å². The summed E-state index contributed by atoms with van der Waals surface area (Å²) in [5.41, 5.74) is 0.0208. The summed E-state index contributed by atoms with van der Waals surface area (Å²) in [6.45, 7) is 12.0. The van der Waals surface area contributed by atoms with Crippen LogP contribution in [0.5, 0.6) is 0 Å². The smallest absolute Gasteiger partial charge is 0.410 e. The Morgan fingerprint density at radius 1 is 1.33 bits per heavy atom. The Hall–Kier alpha value is -0.770. The van der Waals surface area contributed by atoms with Gasteiger partial charge in [-0.2, -0.15) is 0 Å². The molecule has 18 heavy (non-hydrogen) atoms. The summed E-state index contributed by atoms with van der Waals surface area (Å²) in [5, 5.41) is 3.48. The standard InChI is InChI=1S/C14H26N2O2/c1-11-9-15-10-14(11)5-7-16(8-6-14)12(17)18-13(2,3)4/h11,15H,5-10H2,1-4H3. The van der Waals surface area contributed by atoms with E-state index in [0.29, 0.717) is 5.41 Å². The summed E-state index contributed by atoms with van der Waals surface area (Å²) >= 11 is 0. The zero-order valence-electron chi connectivity index (χ0n) is 12.1. The molecule has 2 rings (SSSR count). The zero-order chi connectivity index (χ0) is 13.4. The number of rotatable bonds is 0. The number of hydrogen-bond donors (Lipinski definition) is 1. The second kappa shape index (κ2) is 4.72. The minimum atomic E-state index is -0.394. The average Bonchev–Trinajstić information content (AvgIpc) is 2.59. The topological polar surface area (TPSA) is 41.6 Å². The molecule has 2 heterocycles. The molecule has 0 saturated carbocycles. The van der Waals surface area contributed by atoms with Gasteiger partial charge in [0.05, 0.1) is 0 Å². The molecule has 1 N–H and O–H groups in total. The van der Waals surface area contributed by atoms with Gasteiger partial charge in [0, 0.05) is 19.6 Å². The Balaban J connectivity index is 1.89. The second-order valence-electron chi connectivity index (χ2n) is 6.86. The van der Waals surface area contributed by atoms with E-state index in [1.165, 1.54) is 0 Å². The van der Waals surface area contributed by atoms with Gasteiger partial charge in [0.2, 0.25) is 0 Å². The fraction of sp³-hybridized carbons (Fsp3) is 0.929. The van der Waals surface area contributed by atoms with Crippen molar-refractivity contribution in [3.05, 3.63) is 0 Å². The molecule has 104 valence electrons. The van der Waals surface area contributed by atoms with Gasteiger partial charge in [0.15, 0.2) is 0 Å². The lowest BCUT2D eigenvalue weighted by Crippen LogP contribution is -2.47. The first-order chi connectivity index (χ1) is 8.32. The van der Waals surface area contributed by atoms with Gasteiger partial charge >= 0.3 is 6.09 Å². The molecule has 1 unspecified atom stereocenters. The first kappa shape index (κ1) is 13.7. The van der Waals surface area contributed by atoms with Gasteiger partial charge < -0.3 is 15.0 Å². The quantitative estimate of drug-likeness (QED) is 0.721. The van der Waals surface area contributed by atoms with E-state index in [1.54, 1.807) is 0 Å². The van der Waals surface area contributed by atoms with Crippen LogP contribution in [0.25, 0.3) is 0 Å². The maximum atomic E-state index is 12.0. The van der Waals surface area contributed by atoms with Gasteiger partial charge in [0.1, 0.15) is 5.60 Å². The molecule has 0 radical (unpaired) electrons. The molecule has 4 heteroatoms. The molecule has 1 spiro atoms. The third kappa shape index (κ3) is 2.79. The number of hydrogen-bond acceptors (Lipinski definition) is 3. The number of ether oxygens (including phenoxy) is 1. The molecule has 1 atom stereocenters. The summed E-state index contributed by atoms with van der Waals surface area (Å²) in [7, 11) is 0. The molecule has 2 saturated heterocycles. The summed E-state index contributed by atoms with van der Waals surface area (Å²) in [5.74, 6) is 0.721. The van der Waals surface area contributed by atoms with E-state index in [9.17, 15) is 4.79 Å². The number of piperidine rings is 1. The maximum absolute atomic E-state index is 12.0. The van der Waals surface area contributed by atoms with Crippen LogP contribution in [0.3, 0.4) is 0 Å². The average molecular weight is 254 g/mol. The molecule has 0 aromatic rings. The first-order valence-corrected chi connectivity index (χ1v) is 7.01. The van der Waals surface area contributed by atoms with Crippen molar-refractivity contribution >= 4 is 6.09 Å². The Morgan fingerprint density at radius 3 is 2.39 bits per heavy atom. The largest absolute Gasteiger partial charge is 0.444 e. The molecule has 1 amide bonds. The predicted octanol–water partition coefficient (Wildman–Crippen LogP) is 2.24. The summed E-state index contributed by atoms with van der Waals surface area (Å²) in [6.07, 6.45) is 2.04. The minimum Gasteiger partial charge on any atom is -0.444 e.